The molecule has 0 unspecified atom stereocenters. The van der Waals surface area contributed by atoms with Gasteiger partial charge in [-0.1, -0.05) is 12.1 Å². The summed E-state index contributed by atoms with van der Waals surface area (Å²) in [5.41, 5.74) is 1.91. The van der Waals surface area contributed by atoms with Crippen LogP contribution >= 0.6 is 0 Å². The molecular weight excluding hydrogens is 396 g/mol. The van der Waals surface area contributed by atoms with E-state index in [1.807, 2.05) is 30.3 Å². The van der Waals surface area contributed by atoms with Gasteiger partial charge in [-0.25, -0.2) is 0 Å². The van der Waals surface area contributed by atoms with Crippen molar-refractivity contribution in [1.29, 1.82) is 0 Å². The van der Waals surface area contributed by atoms with Gasteiger partial charge in [-0.05, 0) is 35.4 Å². The third-order valence-electron chi connectivity index (χ3n) is 5.09. The second kappa shape index (κ2) is 10.1. The number of rotatable bonds is 9. The zero-order valence-electron chi connectivity index (χ0n) is 17.5. The molecule has 0 spiro atoms. The molecule has 1 amide bonds. The predicted molar refractivity (Wildman–Crippen MR) is 114 cm³/mol. The number of amides is 1. The highest BCUT2D eigenvalue weighted by atomic mass is 16.6. The van der Waals surface area contributed by atoms with Crippen LogP contribution in [-0.2, 0) is 29.2 Å². The van der Waals surface area contributed by atoms with Crippen molar-refractivity contribution < 1.29 is 19.0 Å². The molecule has 0 aliphatic carbocycles. The van der Waals surface area contributed by atoms with Crippen molar-refractivity contribution in [2.45, 2.75) is 32.2 Å². The minimum Gasteiger partial charge on any atom is -0.493 e. The van der Waals surface area contributed by atoms with E-state index in [2.05, 4.69) is 10.1 Å². The Hall–Kier alpha value is -3.39. The largest absolute Gasteiger partial charge is 0.493 e. The van der Waals surface area contributed by atoms with Gasteiger partial charge in [-0.2, -0.15) is 5.10 Å². The first kappa shape index (κ1) is 20.9. The number of aromatic nitrogens is 3. The summed E-state index contributed by atoms with van der Waals surface area (Å²) in [6.45, 7) is 2.36. The topological polar surface area (TPSA) is 78.7 Å². The maximum atomic E-state index is 13.0. The van der Waals surface area contributed by atoms with Crippen molar-refractivity contribution in [3.63, 3.8) is 0 Å². The smallest absolute Gasteiger partial charge is 0.244 e. The Morgan fingerprint density at radius 3 is 2.81 bits per heavy atom. The van der Waals surface area contributed by atoms with Crippen LogP contribution in [0.25, 0.3) is 0 Å². The number of ether oxygens (including phenoxy) is 3. The predicted octanol–water partition coefficient (Wildman–Crippen LogP) is 2.68. The van der Waals surface area contributed by atoms with Gasteiger partial charge in [0.05, 0.1) is 20.3 Å². The van der Waals surface area contributed by atoms with E-state index in [1.54, 1.807) is 47.5 Å². The van der Waals surface area contributed by atoms with E-state index in [0.717, 1.165) is 17.5 Å². The van der Waals surface area contributed by atoms with Gasteiger partial charge in [0.25, 0.3) is 0 Å². The summed E-state index contributed by atoms with van der Waals surface area (Å²) >= 11 is 0. The number of methoxy groups -OCH3 is 1. The highest BCUT2D eigenvalue weighted by Crippen LogP contribution is 2.30. The molecule has 8 heteroatoms. The number of carbonyl (C=O) groups is 1. The second-order valence-corrected chi connectivity index (χ2v) is 7.40. The molecule has 4 rings (SSSR count). The summed E-state index contributed by atoms with van der Waals surface area (Å²) in [5, 5.41) is 4.15. The molecule has 1 aliphatic heterocycles. The molecule has 1 aliphatic rings. The van der Waals surface area contributed by atoms with Crippen molar-refractivity contribution >= 4 is 5.91 Å². The van der Waals surface area contributed by atoms with Crippen LogP contribution in [0.15, 0.2) is 61.2 Å². The van der Waals surface area contributed by atoms with Gasteiger partial charge in [0.2, 0.25) is 5.91 Å². The summed E-state index contributed by atoms with van der Waals surface area (Å²) < 4.78 is 18.6. The van der Waals surface area contributed by atoms with Gasteiger partial charge >= 0.3 is 0 Å². The minimum absolute atomic E-state index is 0.0325. The molecule has 2 aromatic heterocycles. The number of nitrogens with zero attached hydrogens (tertiary/aromatic N) is 4. The molecular formula is C23H26N4O4. The maximum absolute atomic E-state index is 13.0. The molecule has 1 fully saturated rings. The molecule has 0 radical (unpaired) electrons. The molecule has 1 atom stereocenters. The molecule has 3 heterocycles. The quantitative estimate of drug-likeness (QED) is 0.528. The molecule has 8 nitrogen and oxygen atoms in total. The van der Waals surface area contributed by atoms with E-state index >= 15 is 0 Å². The number of pyridine rings is 1. The lowest BCUT2D eigenvalue weighted by molar-refractivity contribution is -0.133. The van der Waals surface area contributed by atoms with E-state index in [-0.39, 0.29) is 18.6 Å². The van der Waals surface area contributed by atoms with Gasteiger partial charge in [0, 0.05) is 44.3 Å². The van der Waals surface area contributed by atoms with Crippen molar-refractivity contribution in [2.75, 3.05) is 20.3 Å². The average molecular weight is 422 g/mol. The van der Waals surface area contributed by atoms with Crippen LogP contribution in [-0.4, -0.2) is 52.0 Å². The van der Waals surface area contributed by atoms with Crippen LogP contribution < -0.4 is 9.47 Å². The molecule has 3 aromatic rings. The summed E-state index contributed by atoms with van der Waals surface area (Å²) in [7, 11) is 1.62. The molecule has 1 aromatic carbocycles. The Bertz CT molecular complexity index is 973. The Morgan fingerprint density at radius 1 is 1.19 bits per heavy atom. The minimum atomic E-state index is -0.0325. The number of hydrogen-bond acceptors (Lipinski definition) is 6. The van der Waals surface area contributed by atoms with Crippen LogP contribution in [0.4, 0.5) is 0 Å². The van der Waals surface area contributed by atoms with Crippen LogP contribution in [0.2, 0.25) is 0 Å². The fraction of sp³-hybridized carbons (Fsp3) is 0.348. The summed E-state index contributed by atoms with van der Waals surface area (Å²) in [6, 6.07) is 11.4. The van der Waals surface area contributed by atoms with Crippen molar-refractivity contribution in [3.8, 4) is 11.5 Å². The van der Waals surface area contributed by atoms with Gasteiger partial charge in [-0.15, -0.1) is 0 Å². The number of hydrogen-bond donors (Lipinski definition) is 0. The van der Waals surface area contributed by atoms with Crippen molar-refractivity contribution in [3.05, 3.63) is 72.3 Å². The highest BCUT2D eigenvalue weighted by Gasteiger charge is 2.20. The lowest BCUT2D eigenvalue weighted by Crippen LogP contribution is -2.33. The number of carbonyl (C=O) groups excluding carboxylic acids is 1. The maximum Gasteiger partial charge on any atom is 0.244 e. The standard InChI is InChI=1S/C23H26N4O4/c1-29-22-12-18(5-6-21(22)31-20-7-11-30-17-20)14-26(15-19-4-2-8-24-13-19)23(28)16-27-10-3-9-25-27/h2-6,8-10,12-13,20H,7,11,14-17H2,1H3/t20-/m1/s1. The summed E-state index contributed by atoms with van der Waals surface area (Å²) in [4.78, 5) is 19.0. The van der Waals surface area contributed by atoms with Gasteiger partial charge in [0.15, 0.2) is 11.5 Å². The lowest BCUT2D eigenvalue weighted by atomic mass is 10.1. The van der Waals surface area contributed by atoms with E-state index < -0.39 is 0 Å². The van der Waals surface area contributed by atoms with E-state index in [4.69, 9.17) is 14.2 Å². The van der Waals surface area contributed by atoms with Crippen molar-refractivity contribution in [2.24, 2.45) is 0 Å². The average Bonchev–Trinajstić information content (AvgIpc) is 3.49. The fourth-order valence-corrected chi connectivity index (χ4v) is 3.49. The lowest BCUT2D eigenvalue weighted by Gasteiger charge is -2.24. The zero-order valence-corrected chi connectivity index (χ0v) is 17.5. The third kappa shape index (κ3) is 5.61. The summed E-state index contributed by atoms with van der Waals surface area (Å²) in [6.07, 6.45) is 7.84. The van der Waals surface area contributed by atoms with Crippen LogP contribution in [0.3, 0.4) is 0 Å². The first-order chi connectivity index (χ1) is 15.2. The Morgan fingerprint density at radius 2 is 2.10 bits per heavy atom. The van der Waals surface area contributed by atoms with Crippen LogP contribution in [0, 0.1) is 0 Å². The Labute approximate surface area is 181 Å². The number of benzene rings is 1. The Balaban J connectivity index is 1.51. The van der Waals surface area contributed by atoms with Crippen LogP contribution in [0.5, 0.6) is 11.5 Å². The zero-order chi connectivity index (χ0) is 21.5. The molecule has 0 N–H and O–H groups in total. The summed E-state index contributed by atoms with van der Waals surface area (Å²) in [5.74, 6) is 1.30. The van der Waals surface area contributed by atoms with Gasteiger partial charge in [0.1, 0.15) is 12.6 Å². The van der Waals surface area contributed by atoms with E-state index in [0.29, 0.717) is 37.8 Å². The molecule has 1 saturated heterocycles. The third-order valence-corrected chi connectivity index (χ3v) is 5.09. The normalized spacial score (nSPS) is 15.6. The van der Waals surface area contributed by atoms with E-state index in [1.165, 1.54) is 0 Å². The SMILES string of the molecule is COc1cc(CN(Cc2cccnc2)C(=O)Cn2cccn2)ccc1O[C@@H]1CCOC1. The van der Waals surface area contributed by atoms with Crippen LogP contribution in [0.1, 0.15) is 17.5 Å². The van der Waals surface area contributed by atoms with Gasteiger partial charge in [-0.3, -0.25) is 14.5 Å². The molecule has 0 saturated carbocycles. The monoisotopic (exact) mass is 422 g/mol. The molecule has 162 valence electrons. The first-order valence-electron chi connectivity index (χ1n) is 10.3. The molecule has 31 heavy (non-hydrogen) atoms. The van der Waals surface area contributed by atoms with E-state index in [9.17, 15) is 4.79 Å². The van der Waals surface area contributed by atoms with Gasteiger partial charge < -0.3 is 19.1 Å². The highest BCUT2D eigenvalue weighted by molar-refractivity contribution is 5.76. The second-order valence-electron chi connectivity index (χ2n) is 7.40. The Kier molecular flexibility index (Phi) is 6.78. The first-order valence-corrected chi connectivity index (χ1v) is 10.3. The van der Waals surface area contributed by atoms with Crippen molar-refractivity contribution in [1.82, 2.24) is 19.7 Å². The fourth-order valence-electron chi connectivity index (χ4n) is 3.49. The molecule has 0 bridgehead atoms.